The van der Waals surface area contributed by atoms with Crippen molar-refractivity contribution in [3.63, 3.8) is 0 Å². The van der Waals surface area contributed by atoms with Gasteiger partial charge >= 0.3 is 0 Å². The van der Waals surface area contributed by atoms with E-state index in [1.54, 1.807) is 0 Å². The smallest absolute Gasteiger partial charge is 0.272 e. The molecule has 0 amide bonds. The lowest BCUT2D eigenvalue weighted by Crippen LogP contribution is -2.15. The van der Waals surface area contributed by atoms with Crippen molar-refractivity contribution in [3.8, 4) is 6.07 Å². The highest BCUT2D eigenvalue weighted by molar-refractivity contribution is 7.98. The fourth-order valence-electron chi connectivity index (χ4n) is 1.93. The molecule has 0 aliphatic heterocycles. The van der Waals surface area contributed by atoms with Gasteiger partial charge in [-0.2, -0.15) is 5.26 Å². The summed E-state index contributed by atoms with van der Waals surface area (Å²) in [5, 5.41) is 11.6. The zero-order valence-corrected chi connectivity index (χ0v) is 11.8. The minimum atomic E-state index is -0.665. The Bertz CT molecular complexity index is 958. The summed E-state index contributed by atoms with van der Waals surface area (Å²) in [7, 11) is 0. The molecule has 0 saturated heterocycles. The van der Waals surface area contributed by atoms with E-state index in [-0.39, 0.29) is 27.4 Å². The largest absolute Gasteiger partial charge is 0.295 e. The molecule has 110 valence electrons. The Hall–Kier alpha value is -2.66. The van der Waals surface area contributed by atoms with Gasteiger partial charge in [-0.05, 0) is 12.1 Å². The van der Waals surface area contributed by atoms with E-state index in [0.717, 1.165) is 28.4 Å². The van der Waals surface area contributed by atoms with Gasteiger partial charge in [0.2, 0.25) is 0 Å². The minimum Gasteiger partial charge on any atom is -0.295 e. The first-order valence-electron chi connectivity index (χ1n) is 6.16. The number of rotatable bonds is 3. The van der Waals surface area contributed by atoms with Crippen molar-refractivity contribution in [3.05, 3.63) is 63.7 Å². The number of H-pyrrole nitrogens is 1. The van der Waals surface area contributed by atoms with Crippen molar-refractivity contribution < 1.29 is 8.78 Å². The molecule has 0 fully saturated rings. The van der Waals surface area contributed by atoms with Gasteiger partial charge in [-0.3, -0.25) is 9.89 Å². The lowest BCUT2D eigenvalue weighted by molar-refractivity contribution is 0.565. The quantitative estimate of drug-likeness (QED) is 0.753. The predicted octanol–water partition coefficient (Wildman–Crippen LogP) is 2.46. The molecule has 0 aliphatic rings. The maximum atomic E-state index is 13.6. The third-order valence-corrected chi connectivity index (χ3v) is 4.02. The van der Waals surface area contributed by atoms with Gasteiger partial charge in [-0.15, -0.1) is 11.8 Å². The van der Waals surface area contributed by atoms with Gasteiger partial charge in [0.25, 0.3) is 5.56 Å². The highest BCUT2D eigenvalue weighted by Crippen LogP contribution is 2.25. The average Bonchev–Trinajstić information content (AvgIpc) is 2.90. The van der Waals surface area contributed by atoms with Gasteiger partial charge in [0.1, 0.15) is 23.3 Å². The van der Waals surface area contributed by atoms with E-state index in [1.165, 1.54) is 18.3 Å². The molecule has 0 unspecified atom stereocenters. The number of hydrogen-bond acceptors (Lipinski definition) is 4. The maximum Gasteiger partial charge on any atom is 0.272 e. The molecule has 0 bridgehead atoms. The fraction of sp³-hybridized carbons (Fsp3) is 0.0714. The SMILES string of the molecule is N#Cc1c[nH]n2c(=O)cc(CSc3ccc(F)cc3F)nc12. The van der Waals surface area contributed by atoms with Crippen LogP contribution in [0.15, 0.2) is 40.2 Å². The molecule has 1 aromatic carbocycles. The lowest BCUT2D eigenvalue weighted by atomic mass is 10.3. The summed E-state index contributed by atoms with van der Waals surface area (Å²) in [6.45, 7) is 0. The first-order chi connectivity index (χ1) is 10.6. The molecule has 2 heterocycles. The minimum absolute atomic E-state index is 0.227. The molecule has 0 saturated carbocycles. The Kier molecular flexibility index (Phi) is 3.65. The predicted molar refractivity (Wildman–Crippen MR) is 76.4 cm³/mol. The Balaban J connectivity index is 1.91. The van der Waals surface area contributed by atoms with Crippen LogP contribution >= 0.6 is 11.8 Å². The van der Waals surface area contributed by atoms with E-state index in [4.69, 9.17) is 5.26 Å². The van der Waals surface area contributed by atoms with Crippen LogP contribution in [0.25, 0.3) is 5.65 Å². The first-order valence-corrected chi connectivity index (χ1v) is 7.15. The molecular formula is C14H8F2N4OS. The number of nitriles is 1. The van der Waals surface area contributed by atoms with Crippen LogP contribution in [0.4, 0.5) is 8.78 Å². The van der Waals surface area contributed by atoms with Crippen LogP contribution in [0.3, 0.4) is 0 Å². The van der Waals surface area contributed by atoms with Gasteiger partial charge in [-0.1, -0.05) is 0 Å². The van der Waals surface area contributed by atoms with E-state index >= 15 is 0 Å². The van der Waals surface area contributed by atoms with Crippen molar-refractivity contribution in [2.24, 2.45) is 0 Å². The summed E-state index contributed by atoms with van der Waals surface area (Å²) in [5.41, 5.74) is 0.526. The summed E-state index contributed by atoms with van der Waals surface area (Å²) < 4.78 is 27.6. The number of halogens is 2. The third kappa shape index (κ3) is 2.58. The van der Waals surface area contributed by atoms with Crippen LogP contribution in [-0.2, 0) is 5.75 Å². The number of aromatic nitrogens is 3. The lowest BCUT2D eigenvalue weighted by Gasteiger charge is -2.03. The normalized spacial score (nSPS) is 10.8. The summed E-state index contributed by atoms with van der Waals surface area (Å²) in [6, 6.07) is 6.53. The van der Waals surface area contributed by atoms with Gasteiger partial charge in [-0.25, -0.2) is 18.3 Å². The molecule has 3 rings (SSSR count). The van der Waals surface area contributed by atoms with Crippen LogP contribution in [0.2, 0.25) is 0 Å². The van der Waals surface area contributed by atoms with Crippen molar-refractivity contribution in [1.82, 2.24) is 14.6 Å². The molecule has 1 N–H and O–H groups in total. The molecule has 0 radical (unpaired) electrons. The zero-order chi connectivity index (χ0) is 15.7. The van der Waals surface area contributed by atoms with Crippen LogP contribution < -0.4 is 5.56 Å². The molecule has 2 aromatic heterocycles. The van der Waals surface area contributed by atoms with Gasteiger partial charge in [0.05, 0.1) is 5.69 Å². The summed E-state index contributed by atoms with van der Waals surface area (Å²) in [4.78, 5) is 16.4. The monoisotopic (exact) mass is 318 g/mol. The molecule has 22 heavy (non-hydrogen) atoms. The fourth-order valence-corrected chi connectivity index (χ4v) is 2.74. The van der Waals surface area contributed by atoms with E-state index in [0.29, 0.717) is 5.69 Å². The molecular weight excluding hydrogens is 310 g/mol. The van der Waals surface area contributed by atoms with Crippen LogP contribution in [0, 0.1) is 23.0 Å². The van der Waals surface area contributed by atoms with E-state index < -0.39 is 11.6 Å². The number of nitrogens with one attached hydrogen (secondary N) is 1. The molecule has 3 aromatic rings. The Morgan fingerprint density at radius 3 is 2.91 bits per heavy atom. The van der Waals surface area contributed by atoms with Gasteiger partial charge < -0.3 is 0 Å². The zero-order valence-electron chi connectivity index (χ0n) is 11.0. The highest BCUT2D eigenvalue weighted by atomic mass is 32.2. The Morgan fingerprint density at radius 2 is 2.18 bits per heavy atom. The van der Waals surface area contributed by atoms with Gasteiger partial charge in [0.15, 0.2) is 5.65 Å². The molecule has 0 atom stereocenters. The number of benzene rings is 1. The second-order valence-electron chi connectivity index (χ2n) is 4.41. The highest BCUT2D eigenvalue weighted by Gasteiger charge is 2.10. The third-order valence-electron chi connectivity index (χ3n) is 2.94. The maximum absolute atomic E-state index is 13.6. The number of thioether (sulfide) groups is 1. The summed E-state index contributed by atoms with van der Waals surface area (Å²) in [6.07, 6.45) is 1.39. The number of aromatic amines is 1. The van der Waals surface area contributed by atoms with E-state index in [1.807, 2.05) is 6.07 Å². The van der Waals surface area contributed by atoms with Crippen molar-refractivity contribution in [2.75, 3.05) is 0 Å². The van der Waals surface area contributed by atoms with Crippen molar-refractivity contribution >= 4 is 17.4 Å². The molecule has 0 aliphatic carbocycles. The number of hydrogen-bond donors (Lipinski definition) is 1. The molecule has 5 nitrogen and oxygen atoms in total. The van der Waals surface area contributed by atoms with Gasteiger partial charge in [0, 0.05) is 29.0 Å². The van der Waals surface area contributed by atoms with E-state index in [2.05, 4.69) is 10.1 Å². The van der Waals surface area contributed by atoms with Crippen molar-refractivity contribution in [1.29, 1.82) is 5.26 Å². The Morgan fingerprint density at radius 1 is 1.36 bits per heavy atom. The summed E-state index contributed by atoms with van der Waals surface area (Å²) >= 11 is 1.10. The van der Waals surface area contributed by atoms with Crippen LogP contribution in [-0.4, -0.2) is 14.6 Å². The Labute approximate surface area is 127 Å². The number of nitrogens with zero attached hydrogens (tertiary/aromatic N) is 3. The van der Waals surface area contributed by atoms with Crippen LogP contribution in [0.1, 0.15) is 11.3 Å². The first kappa shape index (κ1) is 14.3. The average molecular weight is 318 g/mol. The van der Waals surface area contributed by atoms with Crippen LogP contribution in [0.5, 0.6) is 0 Å². The second-order valence-corrected chi connectivity index (χ2v) is 5.42. The topological polar surface area (TPSA) is 73.9 Å². The standard InChI is InChI=1S/C14H8F2N4OS/c15-9-1-2-12(11(16)3-9)22-7-10-4-13(21)20-14(19-10)8(5-17)6-18-20/h1-4,6,18H,7H2. The van der Waals surface area contributed by atoms with E-state index in [9.17, 15) is 13.6 Å². The molecule has 0 spiro atoms. The number of fused-ring (bicyclic) bond motifs is 1. The summed E-state index contributed by atoms with van der Waals surface area (Å²) in [5.74, 6) is -1.09. The van der Waals surface area contributed by atoms with Crippen molar-refractivity contribution in [2.45, 2.75) is 10.6 Å². The second kappa shape index (κ2) is 5.61. The molecule has 8 heteroatoms.